The lowest BCUT2D eigenvalue weighted by Crippen LogP contribution is -2.50. The first-order valence-electron chi connectivity index (χ1n) is 7.92. The highest BCUT2D eigenvalue weighted by molar-refractivity contribution is 5.42. The summed E-state index contributed by atoms with van der Waals surface area (Å²) in [5, 5.41) is 0. The number of anilines is 1. The van der Waals surface area contributed by atoms with Gasteiger partial charge in [0.25, 0.3) is 0 Å². The molecule has 1 aliphatic rings. The van der Waals surface area contributed by atoms with Crippen molar-refractivity contribution in [2.45, 2.75) is 26.4 Å². The molecule has 1 atom stereocenters. The van der Waals surface area contributed by atoms with Gasteiger partial charge in [0, 0.05) is 30.4 Å². The van der Waals surface area contributed by atoms with Crippen LogP contribution in [-0.4, -0.2) is 28.8 Å². The summed E-state index contributed by atoms with van der Waals surface area (Å²) in [5.74, 6) is 6.71. The molecule has 1 unspecified atom stereocenters. The Bertz CT molecular complexity index is 760. The predicted molar refractivity (Wildman–Crippen MR) is 91.0 cm³/mol. The summed E-state index contributed by atoms with van der Waals surface area (Å²) in [4.78, 5) is 10.8. The Morgan fingerprint density at radius 2 is 1.75 bits per heavy atom. The Hall–Kier alpha value is -2.45. The molecule has 5 heteroatoms. The molecule has 124 valence electrons. The standard InChI is InChI=1S/C19H20FN3O/c1-14-12-23(13-24-19(14,2)3)18-21-10-16(11-22-18)5-4-15-6-8-17(20)9-7-15/h6-11,14H,12-13H2,1-3H3. The summed E-state index contributed by atoms with van der Waals surface area (Å²) in [7, 11) is 0. The molecule has 0 saturated carbocycles. The van der Waals surface area contributed by atoms with E-state index in [0.29, 0.717) is 18.6 Å². The van der Waals surface area contributed by atoms with Gasteiger partial charge >= 0.3 is 0 Å². The molecular formula is C19H20FN3O. The minimum atomic E-state index is -0.269. The van der Waals surface area contributed by atoms with Crippen molar-refractivity contribution in [1.82, 2.24) is 9.97 Å². The molecule has 3 rings (SSSR count). The van der Waals surface area contributed by atoms with Crippen molar-refractivity contribution in [1.29, 1.82) is 0 Å². The third-order valence-corrected chi connectivity index (χ3v) is 4.39. The Morgan fingerprint density at radius 1 is 1.12 bits per heavy atom. The lowest BCUT2D eigenvalue weighted by Gasteiger charge is -2.42. The zero-order valence-electron chi connectivity index (χ0n) is 14.1. The van der Waals surface area contributed by atoms with E-state index in [0.717, 1.165) is 17.7 Å². The molecule has 0 aliphatic carbocycles. The van der Waals surface area contributed by atoms with Crippen LogP contribution >= 0.6 is 0 Å². The number of aromatic nitrogens is 2. The second-order valence-electron chi connectivity index (χ2n) is 6.53. The first kappa shape index (κ1) is 16.4. The second kappa shape index (κ2) is 6.58. The van der Waals surface area contributed by atoms with Crippen LogP contribution in [0.15, 0.2) is 36.7 Å². The molecule has 2 aromatic rings. The lowest BCUT2D eigenvalue weighted by molar-refractivity contribution is -0.0782. The molecule has 4 nitrogen and oxygen atoms in total. The van der Waals surface area contributed by atoms with Crippen molar-refractivity contribution < 1.29 is 9.13 Å². The van der Waals surface area contributed by atoms with Crippen molar-refractivity contribution in [3.8, 4) is 11.8 Å². The van der Waals surface area contributed by atoms with Crippen molar-refractivity contribution in [3.63, 3.8) is 0 Å². The van der Waals surface area contributed by atoms with Crippen LogP contribution in [0.3, 0.4) is 0 Å². The normalized spacial score (nSPS) is 19.5. The van der Waals surface area contributed by atoms with Crippen LogP contribution in [0, 0.1) is 23.6 Å². The Kier molecular flexibility index (Phi) is 4.50. The minimum Gasteiger partial charge on any atom is -0.355 e. The van der Waals surface area contributed by atoms with E-state index in [9.17, 15) is 4.39 Å². The van der Waals surface area contributed by atoms with Crippen molar-refractivity contribution >= 4 is 5.95 Å². The summed E-state index contributed by atoms with van der Waals surface area (Å²) in [6, 6.07) is 6.07. The van der Waals surface area contributed by atoms with Crippen LogP contribution in [-0.2, 0) is 4.74 Å². The smallest absolute Gasteiger partial charge is 0.227 e. The van der Waals surface area contributed by atoms with E-state index in [1.165, 1.54) is 12.1 Å². The maximum Gasteiger partial charge on any atom is 0.227 e. The molecule has 1 saturated heterocycles. The molecule has 0 amide bonds. The first-order chi connectivity index (χ1) is 11.4. The molecule has 0 radical (unpaired) electrons. The highest BCUT2D eigenvalue weighted by Gasteiger charge is 2.34. The molecule has 1 fully saturated rings. The number of rotatable bonds is 1. The number of nitrogens with zero attached hydrogens (tertiary/aromatic N) is 3. The number of hydrogen-bond donors (Lipinski definition) is 0. The fourth-order valence-electron chi connectivity index (χ4n) is 2.36. The fraction of sp³-hybridized carbons (Fsp3) is 0.368. The topological polar surface area (TPSA) is 38.2 Å². The van der Waals surface area contributed by atoms with E-state index in [1.807, 2.05) is 4.90 Å². The van der Waals surface area contributed by atoms with Crippen LogP contribution in [0.2, 0.25) is 0 Å². The predicted octanol–water partition coefficient (Wildman–Crippen LogP) is 3.22. The number of ether oxygens (including phenoxy) is 1. The summed E-state index contributed by atoms with van der Waals surface area (Å²) in [5.41, 5.74) is 1.34. The first-order valence-corrected chi connectivity index (χ1v) is 7.92. The highest BCUT2D eigenvalue weighted by Crippen LogP contribution is 2.28. The van der Waals surface area contributed by atoms with Gasteiger partial charge in [-0.3, -0.25) is 0 Å². The summed E-state index contributed by atoms with van der Waals surface area (Å²) in [6.45, 7) is 7.70. The average Bonchev–Trinajstić information content (AvgIpc) is 2.57. The molecule has 0 N–H and O–H groups in total. The van der Waals surface area contributed by atoms with Gasteiger partial charge in [-0.05, 0) is 38.1 Å². The summed E-state index contributed by atoms with van der Waals surface area (Å²) in [6.07, 6.45) is 3.40. The van der Waals surface area contributed by atoms with E-state index >= 15 is 0 Å². The van der Waals surface area contributed by atoms with Gasteiger partial charge in [-0.2, -0.15) is 0 Å². The monoisotopic (exact) mass is 325 g/mol. The molecule has 1 aliphatic heterocycles. The number of hydrogen-bond acceptors (Lipinski definition) is 4. The van der Waals surface area contributed by atoms with Crippen LogP contribution in [0.25, 0.3) is 0 Å². The van der Waals surface area contributed by atoms with Gasteiger partial charge in [0.05, 0.1) is 11.2 Å². The molecule has 0 bridgehead atoms. The quantitative estimate of drug-likeness (QED) is 0.755. The molecule has 1 aromatic heterocycles. The van der Waals surface area contributed by atoms with E-state index in [4.69, 9.17) is 4.74 Å². The maximum absolute atomic E-state index is 12.9. The van der Waals surface area contributed by atoms with E-state index in [2.05, 4.69) is 42.6 Å². The maximum atomic E-state index is 12.9. The van der Waals surface area contributed by atoms with Crippen molar-refractivity contribution in [2.24, 2.45) is 5.92 Å². The molecule has 0 spiro atoms. The molecule has 1 aromatic carbocycles. The van der Waals surface area contributed by atoms with Crippen LogP contribution < -0.4 is 4.90 Å². The lowest BCUT2D eigenvalue weighted by atomic mass is 9.91. The minimum absolute atomic E-state index is 0.128. The van der Waals surface area contributed by atoms with E-state index in [1.54, 1.807) is 24.5 Å². The van der Waals surface area contributed by atoms with Crippen LogP contribution in [0.5, 0.6) is 0 Å². The Labute approximate surface area is 141 Å². The zero-order chi connectivity index (χ0) is 17.2. The number of benzene rings is 1. The van der Waals surface area contributed by atoms with Gasteiger partial charge in [-0.15, -0.1) is 0 Å². The van der Waals surface area contributed by atoms with Gasteiger partial charge in [0.15, 0.2) is 0 Å². The zero-order valence-corrected chi connectivity index (χ0v) is 14.1. The van der Waals surface area contributed by atoms with E-state index in [-0.39, 0.29) is 11.4 Å². The van der Waals surface area contributed by atoms with Gasteiger partial charge in [-0.25, -0.2) is 14.4 Å². The van der Waals surface area contributed by atoms with Crippen LogP contribution in [0.1, 0.15) is 31.9 Å². The van der Waals surface area contributed by atoms with Gasteiger partial charge < -0.3 is 9.64 Å². The van der Waals surface area contributed by atoms with Crippen molar-refractivity contribution in [2.75, 3.05) is 18.2 Å². The Balaban J connectivity index is 1.69. The largest absolute Gasteiger partial charge is 0.355 e. The van der Waals surface area contributed by atoms with Gasteiger partial charge in [0.1, 0.15) is 12.5 Å². The fourth-order valence-corrected chi connectivity index (χ4v) is 2.36. The average molecular weight is 325 g/mol. The molecule has 24 heavy (non-hydrogen) atoms. The SMILES string of the molecule is CC1CN(c2ncc(C#Cc3ccc(F)cc3)cn2)COC1(C)C. The molecule has 2 heterocycles. The Morgan fingerprint density at radius 3 is 2.38 bits per heavy atom. The third kappa shape index (κ3) is 3.72. The second-order valence-corrected chi connectivity index (χ2v) is 6.53. The number of halogens is 1. The summed E-state index contributed by atoms with van der Waals surface area (Å²) >= 11 is 0. The van der Waals surface area contributed by atoms with Gasteiger partial charge in [0.2, 0.25) is 5.95 Å². The van der Waals surface area contributed by atoms with Crippen LogP contribution in [0.4, 0.5) is 10.3 Å². The third-order valence-electron chi connectivity index (χ3n) is 4.39. The molecular weight excluding hydrogens is 305 g/mol. The van der Waals surface area contributed by atoms with Crippen molar-refractivity contribution in [3.05, 3.63) is 53.6 Å². The van der Waals surface area contributed by atoms with Gasteiger partial charge in [-0.1, -0.05) is 18.8 Å². The summed E-state index contributed by atoms with van der Waals surface area (Å²) < 4.78 is 18.7. The highest BCUT2D eigenvalue weighted by atomic mass is 19.1. The van der Waals surface area contributed by atoms with E-state index < -0.39 is 0 Å².